The van der Waals surface area contributed by atoms with Crippen LogP contribution >= 0.6 is 11.6 Å². The molecule has 3 N–H and O–H groups in total. The van der Waals surface area contributed by atoms with E-state index in [9.17, 15) is 17.6 Å². The highest BCUT2D eigenvalue weighted by molar-refractivity contribution is 6.28. The van der Waals surface area contributed by atoms with Gasteiger partial charge >= 0.3 is 0 Å². The van der Waals surface area contributed by atoms with Gasteiger partial charge in [-0.25, -0.2) is 46.9 Å². The predicted octanol–water partition coefficient (Wildman–Crippen LogP) is 8.11. The number of fused-ring (bicyclic) bond motifs is 2. The largest absolute Gasteiger partial charge is 0.494 e. The van der Waals surface area contributed by atoms with Crippen molar-refractivity contribution in [1.29, 1.82) is 0 Å². The van der Waals surface area contributed by atoms with E-state index in [0.29, 0.717) is 74.7 Å². The lowest BCUT2D eigenvalue weighted by atomic mass is 10.0. The first-order valence-electron chi connectivity index (χ1n) is 20.8. The summed E-state index contributed by atoms with van der Waals surface area (Å²) < 4.78 is 79.5. The number of nitrogens with zero attached hydrogens (tertiary/aromatic N) is 12. The Balaban J connectivity index is 0.000000155. The van der Waals surface area contributed by atoms with Crippen molar-refractivity contribution in [2.75, 3.05) is 62.4 Å². The van der Waals surface area contributed by atoms with Crippen molar-refractivity contribution < 1.29 is 36.5 Å². The molecule has 23 heteroatoms. The third kappa shape index (κ3) is 10.8. The van der Waals surface area contributed by atoms with Crippen molar-refractivity contribution in [2.45, 2.75) is 25.9 Å². The Bertz CT molecular complexity index is 3080. The molecule has 4 aromatic carbocycles. The molecule has 4 aromatic heterocycles. The zero-order valence-corrected chi connectivity index (χ0v) is 38.5. The summed E-state index contributed by atoms with van der Waals surface area (Å²) in [5.41, 5.74) is 9.51. The number of rotatable bonds is 8. The van der Waals surface area contributed by atoms with Crippen molar-refractivity contribution in [1.82, 2.24) is 49.5 Å². The molecule has 356 valence electrons. The molecule has 0 saturated heterocycles. The number of methoxy groups -OCH3 is 2. The number of anilines is 5. The standard InChI is InChI=1S/C23H21F2N7O2.C13H10ClF2N3O.C10H12N4O/c1-13-27-12-32(30-13)18-5-4-17(9-20(18)33-3)28-23-26-10-21-22(29-23)31(2)19(11-34-21)14-6-15(24)8-16(25)7-14;1-19-10(7-2-8(15)4-9(16)3-7)6-20-11-5-17-13(14)18-12(11)19;1-7-12-6-14(13-7)9-4-3-8(11)5-10(9)15-2/h4-10,12,19H,11H2,1-3H3,(H,26,28,29);2-5,10H,6H2,1H3;3-6H,11H2,1-2H3. The van der Waals surface area contributed by atoms with Gasteiger partial charge in [0.25, 0.3) is 0 Å². The van der Waals surface area contributed by atoms with Gasteiger partial charge < -0.3 is 39.8 Å². The Morgan fingerprint density at radius 2 is 1.12 bits per heavy atom. The Morgan fingerprint density at radius 3 is 1.61 bits per heavy atom. The summed E-state index contributed by atoms with van der Waals surface area (Å²) in [5, 5.41) is 11.8. The average molecular weight is 967 g/mol. The molecule has 2 aliphatic heterocycles. The molecule has 0 amide bonds. The fourth-order valence-corrected chi connectivity index (χ4v) is 7.51. The normalized spacial score (nSPS) is 14.7. The number of benzene rings is 4. The lowest BCUT2D eigenvalue weighted by Gasteiger charge is -2.35. The van der Waals surface area contributed by atoms with Gasteiger partial charge in [0, 0.05) is 49.7 Å². The number of hydrogen-bond acceptors (Lipinski definition) is 16. The third-order valence-corrected chi connectivity index (χ3v) is 10.9. The summed E-state index contributed by atoms with van der Waals surface area (Å²) in [6, 6.07) is 17.0. The second kappa shape index (κ2) is 20.3. The molecule has 0 spiro atoms. The highest BCUT2D eigenvalue weighted by Crippen LogP contribution is 2.39. The van der Waals surface area contributed by atoms with Crippen LogP contribution in [0.3, 0.4) is 0 Å². The number of aryl methyl sites for hydroxylation is 2. The van der Waals surface area contributed by atoms with E-state index in [1.165, 1.54) is 30.5 Å². The molecule has 2 unspecified atom stereocenters. The molecule has 10 rings (SSSR count). The third-order valence-electron chi connectivity index (χ3n) is 10.7. The second-order valence-corrected chi connectivity index (χ2v) is 15.7. The van der Waals surface area contributed by atoms with E-state index in [1.54, 1.807) is 79.6 Å². The summed E-state index contributed by atoms with van der Waals surface area (Å²) >= 11 is 5.76. The smallest absolute Gasteiger partial charge is 0.229 e. The molecular weight excluding hydrogens is 924 g/mol. The molecule has 0 saturated carbocycles. The van der Waals surface area contributed by atoms with Crippen molar-refractivity contribution in [3.05, 3.63) is 149 Å². The van der Waals surface area contributed by atoms with Gasteiger partial charge in [-0.1, -0.05) is 0 Å². The van der Waals surface area contributed by atoms with Gasteiger partial charge in [0.15, 0.2) is 23.1 Å². The number of aromatic nitrogens is 10. The Hall–Kier alpha value is -8.27. The zero-order chi connectivity index (χ0) is 48.9. The van der Waals surface area contributed by atoms with E-state index < -0.39 is 29.3 Å². The maximum Gasteiger partial charge on any atom is 0.229 e. The molecule has 2 atom stereocenters. The van der Waals surface area contributed by atoms with E-state index in [4.69, 9.17) is 36.3 Å². The number of hydrogen-bond donors (Lipinski definition) is 2. The van der Waals surface area contributed by atoms with Crippen LogP contribution in [-0.4, -0.2) is 91.0 Å². The van der Waals surface area contributed by atoms with E-state index in [1.807, 2.05) is 36.9 Å². The number of nitrogens with one attached hydrogen (secondary N) is 1. The van der Waals surface area contributed by atoms with Crippen LogP contribution in [0.25, 0.3) is 11.4 Å². The minimum atomic E-state index is -0.641. The maximum atomic E-state index is 13.8. The predicted molar refractivity (Wildman–Crippen MR) is 248 cm³/mol. The first kappa shape index (κ1) is 47.2. The fraction of sp³-hybridized carbons (Fsp3) is 0.217. The summed E-state index contributed by atoms with van der Waals surface area (Å²) in [6.45, 7) is 4.10. The maximum absolute atomic E-state index is 13.8. The van der Waals surface area contributed by atoms with Gasteiger partial charge in [-0.05, 0) is 85.1 Å². The first-order chi connectivity index (χ1) is 33.2. The minimum absolute atomic E-state index is 0.0882. The first-order valence-corrected chi connectivity index (χ1v) is 21.2. The number of nitrogen functional groups attached to an aromatic ring is 1. The monoisotopic (exact) mass is 966 g/mol. The number of nitrogens with two attached hydrogens (primary N) is 1. The quantitative estimate of drug-likeness (QED) is 0.0841. The Morgan fingerprint density at radius 1 is 0.638 bits per heavy atom. The van der Waals surface area contributed by atoms with Crippen molar-refractivity contribution in [3.8, 4) is 34.4 Å². The molecule has 0 bridgehead atoms. The van der Waals surface area contributed by atoms with Crippen LogP contribution in [0.1, 0.15) is 34.9 Å². The lowest BCUT2D eigenvalue weighted by Crippen LogP contribution is -2.34. The highest BCUT2D eigenvalue weighted by atomic mass is 35.5. The molecular formula is C46H43ClF4N14O4. The van der Waals surface area contributed by atoms with E-state index in [0.717, 1.165) is 23.5 Å². The van der Waals surface area contributed by atoms with Gasteiger partial charge in [0.1, 0.15) is 83.7 Å². The molecule has 0 aliphatic carbocycles. The summed E-state index contributed by atoms with van der Waals surface area (Å²) in [6.07, 6.45) is 6.30. The SMILES string of the molecule is CN1c2nc(Cl)ncc2OCC1c1cc(F)cc(F)c1.COc1cc(N)ccc1-n1cnc(C)n1.COc1cc(Nc2ncc3c(n2)N(C)C(c2cc(F)cc(F)c2)CO3)ccc1-n1cnc(C)n1. The van der Waals surface area contributed by atoms with Crippen LogP contribution < -0.4 is 39.8 Å². The molecule has 18 nitrogen and oxygen atoms in total. The second-order valence-electron chi connectivity index (χ2n) is 15.4. The fourth-order valence-electron chi connectivity index (χ4n) is 7.38. The summed E-state index contributed by atoms with van der Waals surface area (Å²) in [7, 11) is 6.73. The molecule has 69 heavy (non-hydrogen) atoms. The lowest BCUT2D eigenvalue weighted by molar-refractivity contribution is 0.264. The van der Waals surface area contributed by atoms with Crippen molar-refractivity contribution in [2.24, 2.45) is 0 Å². The van der Waals surface area contributed by atoms with E-state index in [2.05, 4.69) is 45.4 Å². The number of halogens is 5. The Labute approximate surface area is 397 Å². The van der Waals surface area contributed by atoms with Crippen LogP contribution in [0.2, 0.25) is 5.28 Å². The van der Waals surface area contributed by atoms with Crippen LogP contribution in [0.5, 0.6) is 23.0 Å². The highest BCUT2D eigenvalue weighted by Gasteiger charge is 2.30. The van der Waals surface area contributed by atoms with Crippen molar-refractivity contribution >= 4 is 40.6 Å². The van der Waals surface area contributed by atoms with Crippen LogP contribution in [-0.2, 0) is 0 Å². The molecule has 0 fully saturated rings. The molecule has 6 heterocycles. The number of ether oxygens (including phenoxy) is 4. The average Bonchev–Trinajstić information content (AvgIpc) is 3.96. The molecule has 0 radical (unpaired) electrons. The van der Waals surface area contributed by atoms with Crippen LogP contribution in [0.15, 0.2) is 97.8 Å². The van der Waals surface area contributed by atoms with Gasteiger partial charge in [-0.15, -0.1) is 0 Å². The molecule has 8 aromatic rings. The van der Waals surface area contributed by atoms with Gasteiger partial charge in [0.05, 0.1) is 38.7 Å². The topological polar surface area (TPSA) is 194 Å². The number of likely N-dealkylation sites (N-methyl/N-ethyl adjacent to an activating group) is 2. The van der Waals surface area contributed by atoms with E-state index >= 15 is 0 Å². The molecule has 2 aliphatic rings. The van der Waals surface area contributed by atoms with Gasteiger partial charge in [-0.3, -0.25) is 0 Å². The van der Waals surface area contributed by atoms with E-state index in [-0.39, 0.29) is 24.5 Å². The van der Waals surface area contributed by atoms with Gasteiger partial charge in [0.2, 0.25) is 11.2 Å². The minimum Gasteiger partial charge on any atom is -0.494 e. The zero-order valence-electron chi connectivity index (χ0n) is 37.8. The Kier molecular flexibility index (Phi) is 13.9. The summed E-state index contributed by atoms with van der Waals surface area (Å²) in [4.78, 5) is 28.6. The van der Waals surface area contributed by atoms with Crippen LogP contribution in [0, 0.1) is 37.1 Å². The van der Waals surface area contributed by atoms with Crippen LogP contribution in [0.4, 0.5) is 46.5 Å². The van der Waals surface area contributed by atoms with Crippen molar-refractivity contribution in [3.63, 3.8) is 0 Å². The summed E-state index contributed by atoms with van der Waals surface area (Å²) in [5.74, 6) is 2.39. The van der Waals surface area contributed by atoms with Gasteiger partial charge in [-0.2, -0.15) is 20.2 Å².